The number of hydrogen-bond acceptors (Lipinski definition) is 8. The number of hydrogen-bond donors (Lipinski definition) is 2. The van der Waals surface area contributed by atoms with Crippen LogP contribution in [0.2, 0.25) is 0 Å². The third-order valence-corrected chi connectivity index (χ3v) is 9.33. The Bertz CT molecular complexity index is 1920. The van der Waals surface area contributed by atoms with Crippen LogP contribution in [0.3, 0.4) is 0 Å². The molecule has 236 valence electrons. The van der Waals surface area contributed by atoms with Gasteiger partial charge in [-0.3, -0.25) is 19.6 Å². The predicted molar refractivity (Wildman–Crippen MR) is 174 cm³/mol. The number of nitrogens with zero attached hydrogens (tertiary/aromatic N) is 4. The minimum Gasteiger partial charge on any atom is -0.421 e. The van der Waals surface area contributed by atoms with Crippen molar-refractivity contribution in [1.82, 2.24) is 25.5 Å². The number of pyridine rings is 2. The first kappa shape index (κ1) is 31.2. The highest BCUT2D eigenvalue weighted by atomic mass is 32.1. The van der Waals surface area contributed by atoms with Crippen LogP contribution in [0.15, 0.2) is 59.1 Å². The lowest BCUT2D eigenvalue weighted by Crippen LogP contribution is -2.26. The second kappa shape index (κ2) is 12.9. The van der Waals surface area contributed by atoms with Crippen molar-refractivity contribution < 1.29 is 18.4 Å². The van der Waals surface area contributed by atoms with Gasteiger partial charge in [0.1, 0.15) is 5.82 Å². The summed E-state index contributed by atoms with van der Waals surface area (Å²) < 4.78 is 19.7. The summed E-state index contributed by atoms with van der Waals surface area (Å²) in [5.41, 5.74) is 11.6. The number of aromatic nitrogens is 4. The van der Waals surface area contributed by atoms with Crippen LogP contribution in [0.25, 0.3) is 21.9 Å². The molecule has 0 spiro atoms. The molecule has 4 heterocycles. The normalized spacial score (nSPS) is 14.8. The zero-order valence-corrected chi connectivity index (χ0v) is 27.0. The third-order valence-electron chi connectivity index (χ3n) is 8.23. The molecular formula is C35H35FN6O3S. The minimum atomic E-state index is -0.636. The maximum absolute atomic E-state index is 13.7. The van der Waals surface area contributed by atoms with E-state index in [4.69, 9.17) is 15.1 Å². The summed E-state index contributed by atoms with van der Waals surface area (Å²) >= 11 is 1.26. The number of benzene rings is 1. The molecule has 0 aliphatic heterocycles. The maximum Gasteiger partial charge on any atom is 0.261 e. The first-order chi connectivity index (χ1) is 22.1. The van der Waals surface area contributed by atoms with Gasteiger partial charge in [-0.25, -0.2) is 4.39 Å². The van der Waals surface area contributed by atoms with Gasteiger partial charge in [-0.1, -0.05) is 39.0 Å². The van der Waals surface area contributed by atoms with Crippen LogP contribution < -0.4 is 11.1 Å². The van der Waals surface area contributed by atoms with E-state index >= 15 is 0 Å². The minimum absolute atomic E-state index is 0.0662. The van der Waals surface area contributed by atoms with Crippen LogP contribution in [-0.2, 0) is 19.3 Å². The number of amides is 2. The number of primary amides is 1. The Morgan fingerprint density at radius 3 is 2.52 bits per heavy atom. The summed E-state index contributed by atoms with van der Waals surface area (Å²) in [5.74, 6) is -0.500. The standard InChI is InChI=1S/C35H35FN6O3S/c1-18(2)16-26-30(33(37)43)32(28-13-14-29(46-28)34(44)40-25-12-11-24-23(25)6-5-15-38-24)31(35-42-41-20(4)45-35)27(39-26)17-19(3)21-7-9-22(36)10-8-21/h5-10,13-15,18-19,25H,11-12,16-17H2,1-4H3,(H2,37,43)(H,40,44)/t19-,25+/m0/s1. The zero-order chi connectivity index (χ0) is 32.5. The quantitative estimate of drug-likeness (QED) is 0.172. The highest BCUT2D eigenvalue weighted by Crippen LogP contribution is 2.43. The van der Waals surface area contributed by atoms with Crippen molar-refractivity contribution in [2.75, 3.05) is 0 Å². The first-order valence-electron chi connectivity index (χ1n) is 15.3. The molecule has 3 N–H and O–H groups in total. The van der Waals surface area contributed by atoms with Gasteiger partial charge in [-0.15, -0.1) is 21.5 Å². The lowest BCUT2D eigenvalue weighted by molar-refractivity contribution is 0.0939. The molecule has 1 aliphatic carbocycles. The molecule has 9 nitrogen and oxygen atoms in total. The number of nitrogens with two attached hydrogens (primary N) is 1. The largest absolute Gasteiger partial charge is 0.421 e. The first-order valence-corrected chi connectivity index (χ1v) is 16.2. The van der Waals surface area contributed by atoms with Crippen molar-refractivity contribution in [3.63, 3.8) is 0 Å². The summed E-state index contributed by atoms with van der Waals surface area (Å²) in [5, 5.41) is 11.6. The van der Waals surface area contributed by atoms with Gasteiger partial charge in [0.2, 0.25) is 11.8 Å². The van der Waals surface area contributed by atoms with Crippen LogP contribution in [0.5, 0.6) is 0 Å². The smallest absolute Gasteiger partial charge is 0.261 e. The number of aryl methyl sites for hydroxylation is 2. The van der Waals surface area contributed by atoms with E-state index in [0.29, 0.717) is 51.0 Å². The molecule has 1 aromatic carbocycles. The van der Waals surface area contributed by atoms with Crippen molar-refractivity contribution >= 4 is 23.2 Å². The number of rotatable bonds is 10. The number of nitrogens with one attached hydrogen (secondary N) is 1. The monoisotopic (exact) mass is 638 g/mol. The van der Waals surface area contributed by atoms with E-state index in [0.717, 1.165) is 29.7 Å². The number of fused-ring (bicyclic) bond motifs is 1. The third kappa shape index (κ3) is 6.32. The Morgan fingerprint density at radius 2 is 1.83 bits per heavy atom. The van der Waals surface area contributed by atoms with Gasteiger partial charge in [0.15, 0.2) is 0 Å². The van der Waals surface area contributed by atoms with Crippen molar-refractivity contribution in [2.24, 2.45) is 11.7 Å². The molecule has 0 radical (unpaired) electrons. The summed E-state index contributed by atoms with van der Waals surface area (Å²) in [4.78, 5) is 37.4. The molecule has 5 aromatic rings. The molecular weight excluding hydrogens is 603 g/mol. The van der Waals surface area contributed by atoms with Gasteiger partial charge in [-0.05, 0) is 79.0 Å². The lowest BCUT2D eigenvalue weighted by Gasteiger charge is -2.21. The highest BCUT2D eigenvalue weighted by Gasteiger charge is 2.31. The molecule has 46 heavy (non-hydrogen) atoms. The summed E-state index contributed by atoms with van der Waals surface area (Å²) in [6.07, 6.45) is 4.29. The molecule has 4 aromatic heterocycles. The van der Waals surface area contributed by atoms with Crippen LogP contribution in [0.1, 0.15) is 93.3 Å². The molecule has 0 bridgehead atoms. The van der Waals surface area contributed by atoms with Crippen molar-refractivity contribution in [3.05, 3.63) is 105 Å². The van der Waals surface area contributed by atoms with Crippen LogP contribution >= 0.6 is 11.3 Å². The second-order valence-corrected chi connectivity index (χ2v) is 13.2. The number of thiophene rings is 1. The summed E-state index contributed by atoms with van der Waals surface area (Å²) in [7, 11) is 0. The van der Waals surface area contributed by atoms with Gasteiger partial charge in [-0.2, -0.15) is 0 Å². The predicted octanol–water partition coefficient (Wildman–Crippen LogP) is 6.76. The van der Waals surface area contributed by atoms with Gasteiger partial charge in [0.05, 0.1) is 33.4 Å². The van der Waals surface area contributed by atoms with Gasteiger partial charge >= 0.3 is 0 Å². The molecule has 0 fully saturated rings. The SMILES string of the molecule is Cc1nnc(-c2c(C[C@H](C)c3ccc(F)cc3)nc(CC(C)C)c(C(N)=O)c2-c2ccc(C(=O)N[C@@H]3CCc4ncccc43)s2)o1. The Hall–Kier alpha value is -4.77. The number of halogens is 1. The topological polar surface area (TPSA) is 137 Å². The number of carbonyl (C=O) groups is 2. The molecule has 2 atom stereocenters. The molecule has 2 amide bonds. The molecule has 6 rings (SSSR count). The summed E-state index contributed by atoms with van der Waals surface area (Å²) in [6.45, 7) is 7.82. The van der Waals surface area contributed by atoms with E-state index in [9.17, 15) is 14.0 Å². The molecule has 0 saturated carbocycles. The van der Waals surface area contributed by atoms with Gasteiger partial charge in [0.25, 0.3) is 11.8 Å². The average Bonchev–Trinajstić information content (AvgIpc) is 3.77. The van der Waals surface area contributed by atoms with Crippen LogP contribution in [0, 0.1) is 18.7 Å². The molecule has 0 unspecified atom stereocenters. The van der Waals surface area contributed by atoms with E-state index in [-0.39, 0.29) is 41.1 Å². The Labute approximate surface area is 270 Å². The van der Waals surface area contributed by atoms with Crippen molar-refractivity contribution in [3.8, 4) is 21.9 Å². The van der Waals surface area contributed by atoms with Crippen molar-refractivity contribution in [2.45, 2.75) is 65.3 Å². The fourth-order valence-corrected chi connectivity index (χ4v) is 7.06. The molecule has 1 aliphatic rings. The zero-order valence-electron chi connectivity index (χ0n) is 26.1. The molecule has 11 heteroatoms. The second-order valence-electron chi connectivity index (χ2n) is 12.1. The van der Waals surface area contributed by atoms with Crippen molar-refractivity contribution in [1.29, 1.82) is 0 Å². The lowest BCUT2D eigenvalue weighted by atomic mass is 9.88. The Morgan fingerprint density at radius 1 is 1.04 bits per heavy atom. The Balaban J connectivity index is 1.48. The van der Waals surface area contributed by atoms with Gasteiger partial charge in [0, 0.05) is 29.3 Å². The van der Waals surface area contributed by atoms with E-state index in [1.165, 1.54) is 23.5 Å². The van der Waals surface area contributed by atoms with E-state index in [1.807, 2.05) is 39.0 Å². The van der Waals surface area contributed by atoms with E-state index in [1.54, 1.807) is 31.3 Å². The van der Waals surface area contributed by atoms with Gasteiger partial charge < -0.3 is 15.5 Å². The van der Waals surface area contributed by atoms with E-state index in [2.05, 4.69) is 20.5 Å². The van der Waals surface area contributed by atoms with Crippen LogP contribution in [-0.4, -0.2) is 32.0 Å². The molecule has 0 saturated heterocycles. The number of carbonyl (C=O) groups excluding carboxylic acids is 2. The van der Waals surface area contributed by atoms with E-state index < -0.39 is 5.91 Å². The Kier molecular flexibility index (Phi) is 8.77. The highest BCUT2D eigenvalue weighted by molar-refractivity contribution is 7.17. The van der Waals surface area contributed by atoms with Crippen LogP contribution in [0.4, 0.5) is 4.39 Å². The maximum atomic E-state index is 13.7. The fourth-order valence-electron chi connectivity index (χ4n) is 6.10. The summed E-state index contributed by atoms with van der Waals surface area (Å²) in [6, 6.07) is 13.7. The average molecular weight is 639 g/mol. The fraction of sp³-hybridized carbons (Fsp3) is 0.314.